The van der Waals surface area contributed by atoms with Gasteiger partial charge in [-0.15, -0.1) is 5.10 Å². The monoisotopic (exact) mass is 463 g/mol. The predicted molar refractivity (Wildman–Crippen MR) is 112 cm³/mol. The van der Waals surface area contributed by atoms with Crippen LogP contribution in [0.5, 0.6) is 5.88 Å². The van der Waals surface area contributed by atoms with Crippen LogP contribution in [-0.2, 0) is 13.2 Å². The Balaban J connectivity index is 1.66. The zero-order valence-corrected chi connectivity index (χ0v) is 17.9. The second-order valence-corrected chi connectivity index (χ2v) is 7.25. The summed E-state index contributed by atoms with van der Waals surface area (Å²) in [6, 6.07) is 6.50. The van der Waals surface area contributed by atoms with Crippen molar-refractivity contribution in [1.29, 1.82) is 0 Å². The number of rotatable bonds is 5. The third-order valence-electron chi connectivity index (χ3n) is 4.56. The number of ether oxygens (including phenoxy) is 1. The highest BCUT2D eigenvalue weighted by Crippen LogP contribution is 2.35. The van der Waals surface area contributed by atoms with Crippen molar-refractivity contribution in [2.75, 3.05) is 12.4 Å². The lowest BCUT2D eigenvalue weighted by Gasteiger charge is -2.11. The number of aryl methyl sites for hydroxylation is 2. The molecule has 12 heteroatoms. The first kappa shape index (κ1) is 21.6. The lowest BCUT2D eigenvalue weighted by atomic mass is 10.2. The summed E-state index contributed by atoms with van der Waals surface area (Å²) in [5, 5.41) is 7.21. The van der Waals surface area contributed by atoms with Gasteiger partial charge >= 0.3 is 6.18 Å². The quantitative estimate of drug-likeness (QED) is 0.458. The summed E-state index contributed by atoms with van der Waals surface area (Å²) in [7, 11) is 3.09. The number of methoxy groups -OCH3 is 1. The normalized spacial score (nSPS) is 11.6. The molecular formula is C20H17ClF3N7O. The SMILES string of the molecule is COc1nc(-c2nc(Nc3cc(C(F)(F)F)ccc3Cl)n(C)n2)ccc1-n1cnc(C)c1. The number of alkyl halides is 3. The molecule has 0 amide bonds. The zero-order valence-electron chi connectivity index (χ0n) is 17.1. The van der Waals surface area contributed by atoms with Crippen LogP contribution in [0.4, 0.5) is 24.8 Å². The van der Waals surface area contributed by atoms with Gasteiger partial charge in [-0.1, -0.05) is 11.6 Å². The molecular weight excluding hydrogens is 447 g/mol. The fourth-order valence-electron chi connectivity index (χ4n) is 2.98. The summed E-state index contributed by atoms with van der Waals surface area (Å²) in [4.78, 5) is 13.0. The van der Waals surface area contributed by atoms with Gasteiger partial charge in [0, 0.05) is 13.2 Å². The van der Waals surface area contributed by atoms with E-state index in [-0.39, 0.29) is 22.5 Å². The van der Waals surface area contributed by atoms with Crippen molar-refractivity contribution in [3.63, 3.8) is 0 Å². The molecule has 4 rings (SSSR count). The van der Waals surface area contributed by atoms with Gasteiger partial charge < -0.3 is 14.6 Å². The number of imidazole rings is 1. The molecule has 1 aromatic carbocycles. The van der Waals surface area contributed by atoms with Gasteiger partial charge in [-0.25, -0.2) is 14.6 Å². The summed E-state index contributed by atoms with van der Waals surface area (Å²) >= 11 is 6.07. The molecule has 3 heterocycles. The van der Waals surface area contributed by atoms with E-state index in [0.717, 1.165) is 17.8 Å². The maximum Gasteiger partial charge on any atom is 0.416 e. The van der Waals surface area contributed by atoms with Crippen molar-refractivity contribution in [3.8, 4) is 23.1 Å². The Morgan fingerprint density at radius 2 is 1.91 bits per heavy atom. The zero-order chi connectivity index (χ0) is 23.0. The number of nitrogens with zero attached hydrogens (tertiary/aromatic N) is 6. The van der Waals surface area contributed by atoms with Crippen LogP contribution in [0.15, 0.2) is 42.9 Å². The third kappa shape index (κ3) is 4.24. The van der Waals surface area contributed by atoms with Gasteiger partial charge in [0.15, 0.2) is 0 Å². The number of hydrogen-bond acceptors (Lipinski definition) is 6. The molecule has 0 aliphatic carbocycles. The van der Waals surface area contributed by atoms with Crippen molar-refractivity contribution in [3.05, 3.63) is 59.1 Å². The summed E-state index contributed by atoms with van der Waals surface area (Å²) in [5.41, 5.74) is 1.16. The Bertz CT molecular complexity index is 1280. The second-order valence-electron chi connectivity index (χ2n) is 6.85. The molecule has 8 nitrogen and oxygen atoms in total. The van der Waals surface area contributed by atoms with Gasteiger partial charge in [-0.05, 0) is 37.3 Å². The smallest absolute Gasteiger partial charge is 0.416 e. The molecule has 166 valence electrons. The lowest BCUT2D eigenvalue weighted by molar-refractivity contribution is -0.137. The first-order chi connectivity index (χ1) is 15.2. The molecule has 1 N–H and O–H groups in total. The van der Waals surface area contributed by atoms with Crippen LogP contribution in [0, 0.1) is 6.92 Å². The Hall–Kier alpha value is -3.60. The van der Waals surface area contributed by atoms with Crippen LogP contribution in [0.3, 0.4) is 0 Å². The van der Waals surface area contributed by atoms with Gasteiger partial charge in [-0.2, -0.15) is 18.2 Å². The highest BCUT2D eigenvalue weighted by molar-refractivity contribution is 6.33. The standard InChI is InChI=1S/C20H17ClF3N7O/c1-11-9-31(10-25-11)16-7-6-14(26-18(16)32-3)17-28-19(30(2)29-17)27-15-8-12(20(22,23)24)4-5-13(15)21/h4-10H,1-3H3,(H,27,28,29). The van der Waals surface area contributed by atoms with Crippen molar-refractivity contribution >= 4 is 23.2 Å². The van der Waals surface area contributed by atoms with Crippen molar-refractivity contribution < 1.29 is 17.9 Å². The van der Waals surface area contributed by atoms with Gasteiger partial charge in [0.25, 0.3) is 0 Å². The van der Waals surface area contributed by atoms with Crippen LogP contribution >= 0.6 is 11.6 Å². The molecule has 3 aromatic heterocycles. The molecule has 0 saturated carbocycles. The minimum Gasteiger partial charge on any atom is -0.479 e. The topological polar surface area (TPSA) is 82.7 Å². The Labute approximate surface area is 185 Å². The van der Waals surface area contributed by atoms with Crippen molar-refractivity contribution in [2.45, 2.75) is 13.1 Å². The molecule has 0 atom stereocenters. The average molecular weight is 464 g/mol. The molecule has 4 aromatic rings. The van der Waals surface area contributed by atoms with Gasteiger partial charge in [0.1, 0.15) is 11.4 Å². The van der Waals surface area contributed by atoms with E-state index in [2.05, 4.69) is 25.4 Å². The molecule has 0 aliphatic rings. The van der Waals surface area contributed by atoms with E-state index >= 15 is 0 Å². The number of hydrogen-bond donors (Lipinski definition) is 1. The van der Waals surface area contributed by atoms with Crippen LogP contribution in [0.25, 0.3) is 17.2 Å². The molecule has 0 unspecified atom stereocenters. The molecule has 0 spiro atoms. The third-order valence-corrected chi connectivity index (χ3v) is 4.89. The summed E-state index contributed by atoms with van der Waals surface area (Å²) < 4.78 is 47.7. The first-order valence-electron chi connectivity index (χ1n) is 9.27. The number of aromatic nitrogens is 6. The van der Waals surface area contributed by atoms with E-state index in [1.54, 1.807) is 30.1 Å². The Morgan fingerprint density at radius 1 is 1.12 bits per heavy atom. The summed E-state index contributed by atoms with van der Waals surface area (Å²) in [6.07, 6.45) is -1.02. The number of anilines is 2. The minimum atomic E-state index is -4.50. The Kier molecular flexibility index (Phi) is 5.51. The summed E-state index contributed by atoms with van der Waals surface area (Å²) in [6.45, 7) is 1.87. The van der Waals surface area contributed by atoms with E-state index in [4.69, 9.17) is 16.3 Å². The van der Waals surface area contributed by atoms with Gasteiger partial charge in [0.05, 0.1) is 35.4 Å². The fraction of sp³-hybridized carbons (Fsp3) is 0.200. The second kappa shape index (κ2) is 8.15. The van der Waals surface area contributed by atoms with E-state index in [9.17, 15) is 13.2 Å². The highest BCUT2D eigenvalue weighted by atomic mass is 35.5. The molecule has 0 aliphatic heterocycles. The maximum absolute atomic E-state index is 13.0. The minimum absolute atomic E-state index is 0.0555. The lowest BCUT2D eigenvalue weighted by Crippen LogP contribution is -2.06. The molecule has 32 heavy (non-hydrogen) atoms. The van der Waals surface area contributed by atoms with Gasteiger partial charge in [0.2, 0.25) is 17.7 Å². The number of halogens is 4. The van der Waals surface area contributed by atoms with Gasteiger partial charge in [-0.3, -0.25) is 0 Å². The number of nitrogens with one attached hydrogen (secondary N) is 1. The largest absolute Gasteiger partial charge is 0.479 e. The molecule has 0 saturated heterocycles. The maximum atomic E-state index is 13.0. The Morgan fingerprint density at radius 3 is 2.56 bits per heavy atom. The van der Waals surface area contributed by atoms with Crippen LogP contribution < -0.4 is 10.1 Å². The van der Waals surface area contributed by atoms with Crippen LogP contribution in [-0.4, -0.2) is 36.4 Å². The number of pyridine rings is 1. The highest BCUT2D eigenvalue weighted by Gasteiger charge is 2.31. The van der Waals surface area contributed by atoms with E-state index in [1.807, 2.05) is 13.1 Å². The average Bonchev–Trinajstić information content (AvgIpc) is 3.34. The number of benzene rings is 1. The summed E-state index contributed by atoms with van der Waals surface area (Å²) in [5.74, 6) is 0.781. The van der Waals surface area contributed by atoms with E-state index in [0.29, 0.717) is 17.3 Å². The molecule has 0 bridgehead atoms. The molecule has 0 fully saturated rings. The van der Waals surface area contributed by atoms with Crippen LogP contribution in [0.2, 0.25) is 5.02 Å². The van der Waals surface area contributed by atoms with Crippen molar-refractivity contribution in [2.24, 2.45) is 7.05 Å². The first-order valence-corrected chi connectivity index (χ1v) is 9.64. The van der Waals surface area contributed by atoms with Crippen molar-refractivity contribution in [1.82, 2.24) is 29.3 Å². The van der Waals surface area contributed by atoms with E-state index < -0.39 is 11.7 Å². The predicted octanol–water partition coefficient (Wildman–Crippen LogP) is 4.80. The molecule has 0 radical (unpaired) electrons. The fourth-order valence-corrected chi connectivity index (χ4v) is 3.14. The van der Waals surface area contributed by atoms with E-state index in [1.165, 1.54) is 17.9 Å². The van der Waals surface area contributed by atoms with Crippen LogP contribution in [0.1, 0.15) is 11.3 Å².